The van der Waals surface area contributed by atoms with Gasteiger partial charge in [-0.3, -0.25) is 9.59 Å². The van der Waals surface area contributed by atoms with Crippen molar-refractivity contribution in [1.82, 2.24) is 4.90 Å². The zero-order valence-corrected chi connectivity index (χ0v) is 16.0. The molecule has 0 aliphatic carbocycles. The molecule has 0 atom stereocenters. The molecule has 0 saturated heterocycles. The molecule has 1 amide bonds. The van der Waals surface area contributed by atoms with Gasteiger partial charge in [-0.1, -0.05) is 12.1 Å². The summed E-state index contributed by atoms with van der Waals surface area (Å²) in [4.78, 5) is 25.2. The molecule has 0 unspecified atom stereocenters. The molecule has 2 rings (SSSR count). The first-order valence-corrected chi connectivity index (χ1v) is 8.89. The van der Waals surface area contributed by atoms with Gasteiger partial charge >= 0.3 is 5.97 Å². The minimum atomic E-state index is -0.457. The number of hydrogen-bond donors (Lipinski definition) is 0. The van der Waals surface area contributed by atoms with Gasteiger partial charge in [-0.05, 0) is 48.4 Å². The lowest BCUT2D eigenvalue weighted by Gasteiger charge is -2.17. The van der Waals surface area contributed by atoms with E-state index in [0.717, 1.165) is 11.3 Å². The van der Waals surface area contributed by atoms with Gasteiger partial charge in [0, 0.05) is 20.0 Å². The Morgan fingerprint density at radius 2 is 1.64 bits per heavy atom. The van der Waals surface area contributed by atoms with Crippen LogP contribution >= 0.6 is 0 Å². The average Bonchev–Trinajstić information content (AvgIpc) is 2.71. The maximum absolute atomic E-state index is 12.9. The van der Waals surface area contributed by atoms with E-state index in [1.165, 1.54) is 17.0 Å². The minimum absolute atomic E-state index is 0.158. The standard InChI is InChI=1S/C21H24FNO5/c1-23(14-16-5-7-17(22)8-6-16)20(24)15-28-21(25)4-3-13-27-19-11-9-18(26-2)10-12-19/h5-12H,3-4,13-15H2,1-2H3. The molecule has 0 bridgehead atoms. The van der Waals surface area contributed by atoms with Crippen molar-refractivity contribution < 1.29 is 28.2 Å². The smallest absolute Gasteiger partial charge is 0.306 e. The van der Waals surface area contributed by atoms with Crippen molar-refractivity contribution in [1.29, 1.82) is 0 Å². The summed E-state index contributed by atoms with van der Waals surface area (Å²) in [5, 5.41) is 0. The molecule has 2 aromatic rings. The Hall–Kier alpha value is -3.09. The highest BCUT2D eigenvalue weighted by atomic mass is 19.1. The van der Waals surface area contributed by atoms with Crippen molar-refractivity contribution in [2.24, 2.45) is 0 Å². The van der Waals surface area contributed by atoms with Crippen LogP contribution in [0, 0.1) is 5.82 Å². The average molecular weight is 389 g/mol. The van der Waals surface area contributed by atoms with Gasteiger partial charge in [-0.25, -0.2) is 4.39 Å². The van der Waals surface area contributed by atoms with Gasteiger partial charge in [0.25, 0.3) is 5.91 Å². The first kappa shape index (κ1) is 21.2. The largest absolute Gasteiger partial charge is 0.497 e. The van der Waals surface area contributed by atoms with E-state index in [0.29, 0.717) is 25.3 Å². The molecule has 28 heavy (non-hydrogen) atoms. The van der Waals surface area contributed by atoms with Crippen molar-refractivity contribution in [2.45, 2.75) is 19.4 Å². The molecule has 0 saturated carbocycles. The van der Waals surface area contributed by atoms with Crippen molar-refractivity contribution in [3.63, 3.8) is 0 Å². The summed E-state index contributed by atoms with van der Waals surface area (Å²) in [6.07, 6.45) is 0.635. The van der Waals surface area contributed by atoms with Gasteiger partial charge in [0.15, 0.2) is 6.61 Å². The highest BCUT2D eigenvalue weighted by Gasteiger charge is 2.12. The number of halogens is 1. The first-order chi connectivity index (χ1) is 13.5. The fraction of sp³-hybridized carbons (Fsp3) is 0.333. The molecular weight excluding hydrogens is 365 g/mol. The maximum Gasteiger partial charge on any atom is 0.306 e. The lowest BCUT2D eigenvalue weighted by Crippen LogP contribution is -2.30. The maximum atomic E-state index is 12.9. The SMILES string of the molecule is COc1ccc(OCCCC(=O)OCC(=O)N(C)Cc2ccc(F)cc2)cc1. The van der Waals surface area contributed by atoms with E-state index in [2.05, 4.69) is 0 Å². The van der Waals surface area contributed by atoms with Crippen LogP contribution < -0.4 is 9.47 Å². The normalized spacial score (nSPS) is 10.2. The number of benzene rings is 2. The van der Waals surface area contributed by atoms with Crippen LogP contribution in [0.3, 0.4) is 0 Å². The highest BCUT2D eigenvalue weighted by Crippen LogP contribution is 2.17. The number of carbonyl (C=O) groups excluding carboxylic acids is 2. The van der Waals surface area contributed by atoms with Crippen LogP contribution in [0.5, 0.6) is 11.5 Å². The molecule has 2 aromatic carbocycles. The van der Waals surface area contributed by atoms with Crippen molar-refractivity contribution in [3.8, 4) is 11.5 Å². The van der Waals surface area contributed by atoms with Crippen LogP contribution in [0.15, 0.2) is 48.5 Å². The summed E-state index contributed by atoms with van der Waals surface area (Å²) in [5.74, 6) is 0.313. The fourth-order valence-electron chi connectivity index (χ4n) is 2.35. The molecule has 0 radical (unpaired) electrons. The van der Waals surface area contributed by atoms with Gasteiger partial charge in [0.2, 0.25) is 0 Å². The molecule has 0 aromatic heterocycles. The fourth-order valence-corrected chi connectivity index (χ4v) is 2.35. The number of likely N-dealkylation sites (N-methyl/N-ethyl adjacent to an activating group) is 1. The van der Waals surface area contributed by atoms with Crippen molar-refractivity contribution >= 4 is 11.9 Å². The van der Waals surface area contributed by atoms with Crippen molar-refractivity contribution in [2.75, 3.05) is 27.4 Å². The molecule has 0 heterocycles. The number of rotatable bonds is 10. The van der Waals surface area contributed by atoms with Crippen LogP contribution in [0.2, 0.25) is 0 Å². The third kappa shape index (κ3) is 7.26. The van der Waals surface area contributed by atoms with Gasteiger partial charge in [-0.15, -0.1) is 0 Å². The van der Waals surface area contributed by atoms with E-state index < -0.39 is 5.97 Å². The first-order valence-electron chi connectivity index (χ1n) is 8.89. The van der Waals surface area contributed by atoms with Crippen LogP contribution in [0.1, 0.15) is 18.4 Å². The zero-order valence-electron chi connectivity index (χ0n) is 16.0. The van der Waals surface area contributed by atoms with Crippen LogP contribution in [0.4, 0.5) is 4.39 Å². The van der Waals surface area contributed by atoms with Crippen LogP contribution in [-0.2, 0) is 20.9 Å². The van der Waals surface area contributed by atoms with Crippen molar-refractivity contribution in [3.05, 3.63) is 59.9 Å². The molecule has 0 fully saturated rings. The molecular formula is C21H24FNO5. The Morgan fingerprint density at radius 1 is 1.00 bits per heavy atom. The Balaban J connectivity index is 1.61. The van der Waals surface area contributed by atoms with Crippen LogP contribution in [-0.4, -0.2) is 44.1 Å². The van der Waals surface area contributed by atoms with Crippen LogP contribution in [0.25, 0.3) is 0 Å². The van der Waals surface area contributed by atoms with E-state index in [1.807, 2.05) is 0 Å². The molecule has 6 nitrogen and oxygen atoms in total. The molecule has 150 valence electrons. The Kier molecular flexibility index (Phi) is 8.27. The number of nitrogens with zero attached hydrogens (tertiary/aromatic N) is 1. The monoisotopic (exact) mass is 389 g/mol. The lowest BCUT2D eigenvalue weighted by molar-refractivity contribution is -0.151. The zero-order chi connectivity index (χ0) is 20.4. The van der Waals surface area contributed by atoms with E-state index in [1.54, 1.807) is 50.6 Å². The molecule has 0 N–H and O–H groups in total. The van der Waals surface area contributed by atoms with E-state index in [-0.39, 0.29) is 24.8 Å². The number of amides is 1. The van der Waals surface area contributed by atoms with E-state index >= 15 is 0 Å². The highest BCUT2D eigenvalue weighted by molar-refractivity contribution is 5.80. The van der Waals surface area contributed by atoms with Gasteiger partial charge < -0.3 is 19.1 Å². The number of carbonyl (C=O) groups is 2. The number of methoxy groups -OCH3 is 1. The summed E-state index contributed by atoms with van der Waals surface area (Å²) in [5.41, 5.74) is 0.791. The van der Waals surface area contributed by atoms with Gasteiger partial charge in [0.1, 0.15) is 17.3 Å². The van der Waals surface area contributed by atoms with E-state index in [4.69, 9.17) is 14.2 Å². The third-order valence-electron chi connectivity index (χ3n) is 3.97. The molecule has 7 heteroatoms. The number of esters is 1. The predicted molar refractivity (Wildman–Crippen MR) is 102 cm³/mol. The second-order valence-electron chi connectivity index (χ2n) is 6.16. The quantitative estimate of drug-likeness (QED) is 0.461. The van der Waals surface area contributed by atoms with Gasteiger partial charge in [0.05, 0.1) is 13.7 Å². The van der Waals surface area contributed by atoms with Gasteiger partial charge in [-0.2, -0.15) is 0 Å². The Labute approximate surface area is 163 Å². The second kappa shape index (κ2) is 10.9. The number of ether oxygens (including phenoxy) is 3. The lowest BCUT2D eigenvalue weighted by atomic mass is 10.2. The van der Waals surface area contributed by atoms with E-state index in [9.17, 15) is 14.0 Å². The Morgan fingerprint density at radius 3 is 2.29 bits per heavy atom. The molecule has 0 aliphatic heterocycles. The summed E-state index contributed by atoms with van der Waals surface area (Å²) in [6, 6.07) is 13.0. The molecule has 0 aliphatic rings. The summed E-state index contributed by atoms with van der Waals surface area (Å²) >= 11 is 0. The minimum Gasteiger partial charge on any atom is -0.497 e. The third-order valence-corrected chi connectivity index (χ3v) is 3.97. The molecule has 0 spiro atoms. The summed E-state index contributed by atoms with van der Waals surface area (Å²) < 4.78 is 28.5. The Bertz CT molecular complexity index is 761. The second-order valence-corrected chi connectivity index (χ2v) is 6.16. The topological polar surface area (TPSA) is 65.1 Å². The summed E-state index contributed by atoms with van der Waals surface area (Å²) in [7, 11) is 3.19. The predicted octanol–water partition coefficient (Wildman–Crippen LogP) is 3.20. The number of hydrogen-bond acceptors (Lipinski definition) is 5. The summed E-state index contributed by atoms with van der Waals surface area (Å²) in [6.45, 7) is 0.349.